The molecule has 0 atom stereocenters. The minimum absolute atomic E-state index is 0. The topological polar surface area (TPSA) is 38.9 Å². The first-order valence-corrected chi connectivity index (χ1v) is 5.75. The van der Waals surface area contributed by atoms with E-state index in [1.54, 1.807) is 19.1 Å². The second-order valence-electron chi connectivity index (χ2n) is 4.25. The van der Waals surface area contributed by atoms with E-state index in [4.69, 9.17) is 5.73 Å². The van der Waals surface area contributed by atoms with Crippen molar-refractivity contribution in [2.24, 2.45) is 5.73 Å². The standard InChI is InChI=1S/C14H13F3N2.ClH/c1-9-3-2-6-19-13(9)11-7-10(8-18)4-5-12(11)14(15,16)17;/h2-7H,8,18H2,1H3;1H. The summed E-state index contributed by atoms with van der Waals surface area (Å²) in [5.74, 6) is 0. The van der Waals surface area contributed by atoms with Crippen molar-refractivity contribution in [3.8, 4) is 11.3 Å². The van der Waals surface area contributed by atoms with Crippen LogP contribution in [0.3, 0.4) is 0 Å². The fourth-order valence-electron chi connectivity index (χ4n) is 1.93. The highest BCUT2D eigenvalue weighted by Gasteiger charge is 2.34. The molecule has 2 nitrogen and oxygen atoms in total. The molecule has 0 unspecified atom stereocenters. The van der Waals surface area contributed by atoms with Crippen LogP contribution in [0.15, 0.2) is 36.5 Å². The molecule has 1 heterocycles. The summed E-state index contributed by atoms with van der Waals surface area (Å²) in [6, 6.07) is 7.34. The molecule has 1 aromatic heterocycles. The van der Waals surface area contributed by atoms with Crippen LogP contribution in [0.25, 0.3) is 11.3 Å². The van der Waals surface area contributed by atoms with Crippen LogP contribution in [0.4, 0.5) is 13.2 Å². The van der Waals surface area contributed by atoms with E-state index in [0.29, 0.717) is 16.8 Å². The summed E-state index contributed by atoms with van der Waals surface area (Å²) in [5, 5.41) is 0. The maximum absolute atomic E-state index is 13.0. The third-order valence-electron chi connectivity index (χ3n) is 2.89. The molecule has 0 fully saturated rings. The number of nitrogens with zero attached hydrogens (tertiary/aromatic N) is 1. The number of alkyl halides is 3. The van der Waals surface area contributed by atoms with Gasteiger partial charge in [-0.2, -0.15) is 13.2 Å². The van der Waals surface area contributed by atoms with Crippen molar-refractivity contribution in [1.82, 2.24) is 4.98 Å². The normalized spacial score (nSPS) is 11.1. The van der Waals surface area contributed by atoms with Crippen molar-refractivity contribution in [3.63, 3.8) is 0 Å². The molecular formula is C14H14ClF3N2. The zero-order valence-electron chi connectivity index (χ0n) is 10.7. The third-order valence-corrected chi connectivity index (χ3v) is 2.89. The largest absolute Gasteiger partial charge is 0.417 e. The molecule has 20 heavy (non-hydrogen) atoms. The summed E-state index contributed by atoms with van der Waals surface area (Å²) in [5.41, 5.74) is 6.56. The summed E-state index contributed by atoms with van der Waals surface area (Å²) in [6.45, 7) is 1.93. The Morgan fingerprint density at radius 2 is 1.90 bits per heavy atom. The van der Waals surface area contributed by atoms with Crippen molar-refractivity contribution in [2.75, 3.05) is 0 Å². The fourth-order valence-corrected chi connectivity index (χ4v) is 1.93. The number of pyridine rings is 1. The Morgan fingerprint density at radius 1 is 1.20 bits per heavy atom. The Hall–Kier alpha value is -1.59. The monoisotopic (exact) mass is 302 g/mol. The van der Waals surface area contributed by atoms with Gasteiger partial charge >= 0.3 is 6.18 Å². The van der Waals surface area contributed by atoms with Crippen molar-refractivity contribution in [1.29, 1.82) is 0 Å². The Balaban J connectivity index is 0.00000200. The molecule has 0 bridgehead atoms. The van der Waals surface area contributed by atoms with Gasteiger partial charge in [0.05, 0.1) is 11.3 Å². The zero-order chi connectivity index (χ0) is 14.0. The molecule has 0 saturated heterocycles. The first-order chi connectivity index (χ1) is 8.93. The molecule has 108 valence electrons. The van der Waals surface area contributed by atoms with Crippen molar-refractivity contribution < 1.29 is 13.2 Å². The van der Waals surface area contributed by atoms with Gasteiger partial charge in [0, 0.05) is 18.3 Å². The number of halogens is 4. The van der Waals surface area contributed by atoms with E-state index in [9.17, 15) is 13.2 Å². The highest BCUT2D eigenvalue weighted by Crippen LogP contribution is 2.37. The molecule has 6 heteroatoms. The van der Waals surface area contributed by atoms with Gasteiger partial charge in [0.2, 0.25) is 0 Å². The molecule has 2 rings (SSSR count). The van der Waals surface area contributed by atoms with Gasteiger partial charge in [-0.1, -0.05) is 12.1 Å². The summed E-state index contributed by atoms with van der Waals surface area (Å²) < 4.78 is 39.1. The molecule has 0 spiro atoms. The van der Waals surface area contributed by atoms with Crippen LogP contribution in [0.5, 0.6) is 0 Å². The maximum Gasteiger partial charge on any atom is 0.417 e. The van der Waals surface area contributed by atoms with Gasteiger partial charge < -0.3 is 5.73 Å². The quantitative estimate of drug-likeness (QED) is 0.912. The molecule has 0 aliphatic rings. The number of nitrogens with two attached hydrogens (primary N) is 1. The highest BCUT2D eigenvalue weighted by molar-refractivity contribution is 5.85. The molecule has 0 aliphatic heterocycles. The second kappa shape index (κ2) is 6.24. The molecule has 0 radical (unpaired) electrons. The van der Waals surface area contributed by atoms with Gasteiger partial charge in [-0.15, -0.1) is 12.4 Å². The fraction of sp³-hybridized carbons (Fsp3) is 0.214. The summed E-state index contributed by atoms with van der Waals surface area (Å²) in [4.78, 5) is 4.06. The molecule has 0 amide bonds. The van der Waals surface area contributed by atoms with Gasteiger partial charge in [0.25, 0.3) is 0 Å². The van der Waals surface area contributed by atoms with Crippen LogP contribution in [0, 0.1) is 6.92 Å². The van der Waals surface area contributed by atoms with Crippen LogP contribution in [-0.2, 0) is 12.7 Å². The van der Waals surface area contributed by atoms with E-state index < -0.39 is 11.7 Å². The van der Waals surface area contributed by atoms with E-state index in [2.05, 4.69) is 4.98 Å². The van der Waals surface area contributed by atoms with Crippen LogP contribution in [0.2, 0.25) is 0 Å². The summed E-state index contributed by atoms with van der Waals surface area (Å²) in [6.07, 6.45) is -2.93. The predicted molar refractivity (Wildman–Crippen MR) is 74.6 cm³/mol. The average molecular weight is 303 g/mol. The first kappa shape index (κ1) is 16.5. The Bertz CT molecular complexity index is 597. The SMILES string of the molecule is Cc1cccnc1-c1cc(CN)ccc1C(F)(F)F.Cl. The van der Waals surface area contributed by atoms with E-state index in [1.165, 1.54) is 18.3 Å². The maximum atomic E-state index is 13.0. The van der Waals surface area contributed by atoms with Gasteiger partial charge in [-0.05, 0) is 36.2 Å². The average Bonchev–Trinajstić information content (AvgIpc) is 2.37. The highest BCUT2D eigenvalue weighted by atomic mass is 35.5. The number of hydrogen-bond acceptors (Lipinski definition) is 2. The number of aryl methyl sites for hydroxylation is 1. The van der Waals surface area contributed by atoms with Crippen LogP contribution in [-0.4, -0.2) is 4.98 Å². The van der Waals surface area contributed by atoms with Crippen LogP contribution in [0.1, 0.15) is 16.7 Å². The van der Waals surface area contributed by atoms with E-state index in [0.717, 1.165) is 6.07 Å². The minimum Gasteiger partial charge on any atom is -0.326 e. The molecule has 0 aliphatic carbocycles. The lowest BCUT2D eigenvalue weighted by Gasteiger charge is -2.15. The van der Waals surface area contributed by atoms with E-state index in [-0.39, 0.29) is 24.5 Å². The van der Waals surface area contributed by atoms with Gasteiger partial charge in [0.15, 0.2) is 0 Å². The van der Waals surface area contributed by atoms with Gasteiger partial charge in [-0.3, -0.25) is 4.98 Å². The van der Waals surface area contributed by atoms with Crippen molar-refractivity contribution in [3.05, 3.63) is 53.2 Å². The number of hydrogen-bond donors (Lipinski definition) is 1. The lowest BCUT2D eigenvalue weighted by atomic mass is 9.98. The lowest BCUT2D eigenvalue weighted by molar-refractivity contribution is -0.137. The van der Waals surface area contributed by atoms with Gasteiger partial charge in [-0.25, -0.2) is 0 Å². The number of rotatable bonds is 2. The predicted octanol–water partition coefficient (Wildman–Crippen LogP) is 3.96. The Kier molecular flexibility index (Phi) is 5.14. The van der Waals surface area contributed by atoms with Crippen molar-refractivity contribution >= 4 is 12.4 Å². The molecular weight excluding hydrogens is 289 g/mol. The number of aromatic nitrogens is 1. The van der Waals surface area contributed by atoms with E-state index >= 15 is 0 Å². The lowest BCUT2D eigenvalue weighted by Crippen LogP contribution is -2.09. The van der Waals surface area contributed by atoms with Crippen LogP contribution >= 0.6 is 12.4 Å². The molecule has 2 N–H and O–H groups in total. The zero-order valence-corrected chi connectivity index (χ0v) is 11.6. The Morgan fingerprint density at radius 3 is 2.45 bits per heavy atom. The second-order valence-corrected chi connectivity index (χ2v) is 4.25. The summed E-state index contributed by atoms with van der Waals surface area (Å²) in [7, 11) is 0. The Labute approximate surface area is 121 Å². The van der Waals surface area contributed by atoms with Crippen LogP contribution < -0.4 is 5.73 Å². The molecule has 1 aromatic carbocycles. The molecule has 2 aromatic rings. The molecule has 0 saturated carbocycles. The van der Waals surface area contributed by atoms with E-state index in [1.807, 2.05) is 0 Å². The third kappa shape index (κ3) is 3.29. The van der Waals surface area contributed by atoms with Crippen molar-refractivity contribution in [2.45, 2.75) is 19.6 Å². The smallest absolute Gasteiger partial charge is 0.326 e. The number of benzene rings is 1. The summed E-state index contributed by atoms with van der Waals surface area (Å²) >= 11 is 0. The minimum atomic E-state index is -4.41. The first-order valence-electron chi connectivity index (χ1n) is 5.75. The van der Waals surface area contributed by atoms with Gasteiger partial charge in [0.1, 0.15) is 0 Å².